The van der Waals surface area contributed by atoms with Gasteiger partial charge in [0.25, 0.3) is 5.91 Å². The molecule has 4 rings (SSSR count). The van der Waals surface area contributed by atoms with Crippen LogP contribution in [0.4, 0.5) is 5.69 Å². The second-order valence-electron chi connectivity index (χ2n) is 10.3. The van der Waals surface area contributed by atoms with E-state index in [1.54, 1.807) is 47.0 Å². The third kappa shape index (κ3) is 6.52. The van der Waals surface area contributed by atoms with Gasteiger partial charge < -0.3 is 20.8 Å². The van der Waals surface area contributed by atoms with Crippen molar-refractivity contribution in [1.29, 1.82) is 10.8 Å². The minimum absolute atomic E-state index is 0.0199. The Morgan fingerprint density at radius 3 is 2.43 bits per heavy atom. The monoisotopic (exact) mass is 508 g/mol. The van der Waals surface area contributed by atoms with E-state index in [1.165, 1.54) is 7.11 Å². The molecule has 2 saturated carbocycles. The van der Waals surface area contributed by atoms with Gasteiger partial charge in [-0.1, -0.05) is 0 Å². The highest BCUT2D eigenvalue weighted by Gasteiger charge is 2.48. The number of ether oxygens (including phenoxy) is 1. The first-order valence-corrected chi connectivity index (χ1v) is 12.7. The molecule has 0 aromatic carbocycles. The van der Waals surface area contributed by atoms with Crippen molar-refractivity contribution in [2.24, 2.45) is 17.8 Å². The molecule has 2 aromatic rings. The maximum absolute atomic E-state index is 13.6. The highest BCUT2D eigenvalue weighted by atomic mass is 16.5. The Bertz CT molecular complexity index is 1190. The van der Waals surface area contributed by atoms with Crippen molar-refractivity contribution < 1.29 is 14.3 Å². The molecular formula is C26H36N8O3. The predicted molar refractivity (Wildman–Crippen MR) is 140 cm³/mol. The van der Waals surface area contributed by atoms with E-state index < -0.39 is 6.04 Å². The molecule has 2 aromatic heterocycles. The summed E-state index contributed by atoms with van der Waals surface area (Å²) in [5.41, 5.74) is 1.72. The number of rotatable bonds is 12. The average Bonchev–Trinajstić information content (AvgIpc) is 3.77. The smallest absolute Gasteiger partial charge is 0.270 e. The molecule has 2 aliphatic carbocycles. The fourth-order valence-corrected chi connectivity index (χ4v) is 4.83. The van der Waals surface area contributed by atoms with Gasteiger partial charge in [-0.3, -0.25) is 24.4 Å². The van der Waals surface area contributed by atoms with Gasteiger partial charge in [-0.25, -0.2) is 0 Å². The molecule has 11 heteroatoms. The number of aromatic nitrogens is 4. The lowest BCUT2D eigenvalue weighted by Crippen LogP contribution is -2.50. The van der Waals surface area contributed by atoms with Gasteiger partial charge in [-0.05, 0) is 76.4 Å². The van der Waals surface area contributed by atoms with E-state index in [9.17, 15) is 9.59 Å². The van der Waals surface area contributed by atoms with Gasteiger partial charge in [0.2, 0.25) is 11.8 Å². The summed E-state index contributed by atoms with van der Waals surface area (Å²) in [7, 11) is 1.41. The number of anilines is 1. The van der Waals surface area contributed by atoms with Gasteiger partial charge in [0.05, 0.1) is 25.5 Å². The first kappa shape index (κ1) is 26.3. The highest BCUT2D eigenvalue weighted by molar-refractivity contribution is 6.01. The van der Waals surface area contributed by atoms with E-state index >= 15 is 0 Å². The largest absolute Gasteiger partial charge is 0.481 e. The SMILES string of the molecule is COC(=N)/C(=C\C(C)=N)Cn1cc(NC(=O)C(NC(=O)c2ccnn2C(C)C)C(C2CC2)C2CC2)cn1. The summed E-state index contributed by atoms with van der Waals surface area (Å²) in [4.78, 5) is 26.9. The fraction of sp³-hybridized carbons (Fsp3) is 0.538. The maximum atomic E-state index is 13.6. The molecule has 2 amide bonds. The van der Waals surface area contributed by atoms with Crippen molar-refractivity contribution in [3.8, 4) is 0 Å². The molecule has 0 saturated heterocycles. The molecule has 4 N–H and O–H groups in total. The minimum Gasteiger partial charge on any atom is -0.481 e. The lowest BCUT2D eigenvalue weighted by Gasteiger charge is -2.27. The molecule has 0 radical (unpaired) electrons. The summed E-state index contributed by atoms with van der Waals surface area (Å²) in [5.74, 6) is 0.373. The molecule has 2 aliphatic rings. The lowest BCUT2D eigenvalue weighted by molar-refractivity contribution is -0.119. The summed E-state index contributed by atoms with van der Waals surface area (Å²) in [6.45, 7) is 5.75. The van der Waals surface area contributed by atoms with Crippen LogP contribution in [0.2, 0.25) is 0 Å². The van der Waals surface area contributed by atoms with Crippen molar-refractivity contribution in [2.75, 3.05) is 12.4 Å². The first-order valence-electron chi connectivity index (χ1n) is 12.7. The molecule has 0 aliphatic heterocycles. The van der Waals surface area contributed by atoms with Gasteiger partial charge in [0.1, 0.15) is 11.7 Å². The van der Waals surface area contributed by atoms with Crippen LogP contribution in [0.15, 0.2) is 36.3 Å². The van der Waals surface area contributed by atoms with Crippen molar-refractivity contribution in [2.45, 2.75) is 65.1 Å². The molecule has 1 atom stereocenters. The molecule has 0 spiro atoms. The molecule has 2 fully saturated rings. The molecule has 11 nitrogen and oxygen atoms in total. The molecule has 37 heavy (non-hydrogen) atoms. The molecule has 198 valence electrons. The van der Waals surface area contributed by atoms with E-state index in [4.69, 9.17) is 15.6 Å². The Morgan fingerprint density at radius 2 is 1.86 bits per heavy atom. The Morgan fingerprint density at radius 1 is 1.19 bits per heavy atom. The van der Waals surface area contributed by atoms with Crippen LogP contribution in [0.5, 0.6) is 0 Å². The second-order valence-corrected chi connectivity index (χ2v) is 10.3. The average molecular weight is 509 g/mol. The number of carbonyl (C=O) groups is 2. The zero-order valence-electron chi connectivity index (χ0n) is 21.8. The standard InChI is InChI=1S/C26H36N8O3/c1-15(2)34-21(9-10-29-34)25(35)32-23(22(17-5-6-17)18-7-8-18)26(36)31-20-12-30-33(14-20)13-19(11-16(3)27)24(28)37-4/h9-12,14-15,17-18,22-23,27-28H,5-8,13H2,1-4H3,(H,31,36)(H,32,35)/b19-11-,27-16?,28-24?. The van der Waals surface area contributed by atoms with Crippen LogP contribution in [-0.4, -0.2) is 56.1 Å². The van der Waals surface area contributed by atoms with Gasteiger partial charge in [-0.15, -0.1) is 0 Å². The quantitative estimate of drug-likeness (QED) is 0.256. The second kappa shape index (κ2) is 11.1. The van der Waals surface area contributed by atoms with Crippen LogP contribution in [0.25, 0.3) is 0 Å². The number of carbonyl (C=O) groups excluding carboxylic acids is 2. The lowest BCUT2D eigenvalue weighted by atomic mass is 9.88. The molecule has 0 bridgehead atoms. The summed E-state index contributed by atoms with van der Waals surface area (Å²) < 4.78 is 8.26. The molecular weight excluding hydrogens is 472 g/mol. The zero-order valence-corrected chi connectivity index (χ0v) is 21.8. The first-order chi connectivity index (χ1) is 17.7. The van der Waals surface area contributed by atoms with Crippen LogP contribution in [0, 0.1) is 28.6 Å². The number of nitrogens with one attached hydrogen (secondary N) is 4. The Kier molecular flexibility index (Phi) is 7.89. The van der Waals surface area contributed by atoms with Crippen LogP contribution >= 0.6 is 0 Å². The van der Waals surface area contributed by atoms with Crippen molar-refractivity contribution in [1.82, 2.24) is 24.9 Å². The van der Waals surface area contributed by atoms with E-state index in [0.29, 0.717) is 34.5 Å². The van der Waals surface area contributed by atoms with Gasteiger partial charge in [0.15, 0.2) is 0 Å². The van der Waals surface area contributed by atoms with Gasteiger partial charge in [0, 0.05) is 29.7 Å². The third-order valence-corrected chi connectivity index (χ3v) is 6.80. The summed E-state index contributed by atoms with van der Waals surface area (Å²) >= 11 is 0. The Hall–Kier alpha value is -3.76. The van der Waals surface area contributed by atoms with Crippen LogP contribution < -0.4 is 10.6 Å². The van der Waals surface area contributed by atoms with Gasteiger partial charge >= 0.3 is 0 Å². The predicted octanol–water partition coefficient (Wildman–Crippen LogP) is 3.42. The number of hydrogen-bond acceptors (Lipinski definition) is 7. The fourth-order valence-electron chi connectivity index (χ4n) is 4.83. The molecule has 2 heterocycles. The number of nitrogens with zero attached hydrogens (tertiary/aromatic N) is 4. The van der Waals surface area contributed by atoms with Crippen LogP contribution in [0.3, 0.4) is 0 Å². The highest BCUT2D eigenvalue weighted by Crippen LogP contribution is 2.50. The topological polar surface area (TPSA) is 151 Å². The van der Waals surface area contributed by atoms with E-state index in [2.05, 4.69) is 20.8 Å². The van der Waals surface area contributed by atoms with Crippen molar-refractivity contribution in [3.63, 3.8) is 0 Å². The van der Waals surface area contributed by atoms with Crippen molar-refractivity contribution in [3.05, 3.63) is 42.0 Å². The van der Waals surface area contributed by atoms with Gasteiger partial charge in [-0.2, -0.15) is 10.2 Å². The summed E-state index contributed by atoms with van der Waals surface area (Å²) in [6, 6.07) is 1.03. The van der Waals surface area contributed by atoms with Crippen molar-refractivity contribution >= 4 is 29.1 Å². The summed E-state index contributed by atoms with van der Waals surface area (Å²) in [6.07, 6.45) is 10.7. The van der Waals surface area contributed by atoms with E-state index in [1.807, 2.05) is 13.8 Å². The normalized spacial score (nSPS) is 16.5. The van der Waals surface area contributed by atoms with E-state index in [0.717, 1.165) is 25.7 Å². The van der Waals surface area contributed by atoms with Crippen LogP contribution in [0.1, 0.15) is 63.0 Å². The number of amides is 2. The zero-order chi connectivity index (χ0) is 26.7. The molecule has 1 unspecified atom stereocenters. The summed E-state index contributed by atoms with van der Waals surface area (Å²) in [5, 5.41) is 30.2. The number of hydrogen-bond donors (Lipinski definition) is 4. The minimum atomic E-state index is -0.663. The Balaban J connectivity index is 1.51. The third-order valence-electron chi connectivity index (χ3n) is 6.80. The van der Waals surface area contributed by atoms with E-state index in [-0.39, 0.29) is 36.2 Å². The Labute approximate surface area is 216 Å². The maximum Gasteiger partial charge on any atom is 0.270 e. The number of methoxy groups -OCH3 is 1. The van der Waals surface area contributed by atoms with Crippen LogP contribution in [-0.2, 0) is 16.1 Å². The number of allylic oxidation sites excluding steroid dienone is 1.